The van der Waals surface area contributed by atoms with Gasteiger partial charge in [0, 0.05) is 18.2 Å². The minimum Gasteiger partial charge on any atom is -0.454 e. The first-order chi connectivity index (χ1) is 11.1. The zero-order valence-electron chi connectivity index (χ0n) is 12.1. The second-order valence-electron chi connectivity index (χ2n) is 5.52. The van der Waals surface area contributed by atoms with Crippen LogP contribution in [0.1, 0.15) is 22.3 Å². The van der Waals surface area contributed by atoms with Crippen molar-refractivity contribution in [2.24, 2.45) is 0 Å². The van der Waals surface area contributed by atoms with E-state index in [9.17, 15) is 13.6 Å². The van der Waals surface area contributed by atoms with Gasteiger partial charge in [-0.2, -0.15) is 0 Å². The van der Waals surface area contributed by atoms with E-state index in [1.807, 2.05) is 0 Å². The molecule has 4 nitrogen and oxygen atoms in total. The highest BCUT2D eigenvalue weighted by atomic mass is 19.2. The fourth-order valence-electron chi connectivity index (χ4n) is 2.97. The van der Waals surface area contributed by atoms with E-state index in [1.165, 1.54) is 11.0 Å². The zero-order chi connectivity index (χ0) is 16.0. The van der Waals surface area contributed by atoms with Gasteiger partial charge >= 0.3 is 0 Å². The van der Waals surface area contributed by atoms with Crippen molar-refractivity contribution in [2.75, 3.05) is 18.2 Å². The highest BCUT2D eigenvalue weighted by Crippen LogP contribution is 2.35. The Balaban J connectivity index is 1.72. The number of rotatable bonds is 1. The van der Waals surface area contributed by atoms with Crippen LogP contribution in [0.15, 0.2) is 30.3 Å². The third-order valence-electron chi connectivity index (χ3n) is 4.10. The number of anilines is 1. The molecule has 0 aromatic heterocycles. The van der Waals surface area contributed by atoms with Crippen molar-refractivity contribution in [3.05, 3.63) is 53.1 Å². The zero-order valence-corrected chi connectivity index (χ0v) is 12.1. The highest BCUT2D eigenvalue weighted by Gasteiger charge is 2.26. The first-order valence-corrected chi connectivity index (χ1v) is 7.33. The number of carbonyl (C=O) groups is 1. The van der Waals surface area contributed by atoms with E-state index in [1.54, 1.807) is 18.2 Å². The van der Waals surface area contributed by atoms with Crippen molar-refractivity contribution in [3.8, 4) is 11.5 Å². The summed E-state index contributed by atoms with van der Waals surface area (Å²) in [5.41, 5.74) is 1.49. The number of nitrogens with zero attached hydrogens (tertiary/aromatic N) is 1. The fourth-order valence-corrected chi connectivity index (χ4v) is 2.97. The Morgan fingerprint density at radius 1 is 1.04 bits per heavy atom. The number of halogens is 2. The molecule has 118 valence electrons. The number of hydrogen-bond acceptors (Lipinski definition) is 3. The largest absolute Gasteiger partial charge is 0.454 e. The third kappa shape index (κ3) is 2.30. The van der Waals surface area contributed by atoms with Gasteiger partial charge < -0.3 is 14.4 Å². The van der Waals surface area contributed by atoms with Gasteiger partial charge in [0.1, 0.15) is 0 Å². The first kappa shape index (κ1) is 14.0. The summed E-state index contributed by atoms with van der Waals surface area (Å²) in [5, 5.41) is 0. The molecule has 6 heteroatoms. The lowest BCUT2D eigenvalue weighted by molar-refractivity contribution is 0.0984. The predicted molar refractivity (Wildman–Crippen MR) is 78.9 cm³/mol. The van der Waals surface area contributed by atoms with Crippen LogP contribution >= 0.6 is 0 Å². The Morgan fingerprint density at radius 2 is 1.83 bits per heavy atom. The van der Waals surface area contributed by atoms with Gasteiger partial charge in [-0.25, -0.2) is 8.78 Å². The van der Waals surface area contributed by atoms with E-state index in [0.717, 1.165) is 6.07 Å². The van der Waals surface area contributed by atoms with Crippen LogP contribution in [0.5, 0.6) is 11.5 Å². The molecule has 2 aromatic rings. The van der Waals surface area contributed by atoms with Crippen molar-refractivity contribution in [3.63, 3.8) is 0 Å². The average Bonchev–Trinajstić information content (AvgIpc) is 3.02. The second-order valence-corrected chi connectivity index (χ2v) is 5.52. The Hall–Kier alpha value is -2.63. The van der Waals surface area contributed by atoms with E-state index in [2.05, 4.69) is 0 Å². The summed E-state index contributed by atoms with van der Waals surface area (Å²) in [6, 6.07) is 7.19. The number of fused-ring (bicyclic) bond motifs is 2. The number of amides is 1. The van der Waals surface area contributed by atoms with Crippen LogP contribution in [-0.2, 0) is 6.42 Å². The molecular formula is C17H13F2NO3. The lowest BCUT2D eigenvalue weighted by Gasteiger charge is -2.29. The molecule has 0 N–H and O–H groups in total. The van der Waals surface area contributed by atoms with Gasteiger partial charge in [-0.05, 0) is 42.7 Å². The van der Waals surface area contributed by atoms with E-state index in [-0.39, 0.29) is 12.7 Å². The molecule has 4 rings (SSSR count). The summed E-state index contributed by atoms with van der Waals surface area (Å²) in [6.07, 6.45) is 1.33. The summed E-state index contributed by atoms with van der Waals surface area (Å²) in [4.78, 5) is 14.3. The van der Waals surface area contributed by atoms with Crippen molar-refractivity contribution in [1.29, 1.82) is 0 Å². The monoisotopic (exact) mass is 317 g/mol. The van der Waals surface area contributed by atoms with Crippen molar-refractivity contribution >= 4 is 11.6 Å². The van der Waals surface area contributed by atoms with E-state index >= 15 is 0 Å². The molecule has 0 saturated heterocycles. The molecule has 23 heavy (non-hydrogen) atoms. The van der Waals surface area contributed by atoms with Crippen LogP contribution in [-0.4, -0.2) is 19.2 Å². The quantitative estimate of drug-likeness (QED) is 0.810. The molecule has 0 radical (unpaired) electrons. The lowest BCUT2D eigenvalue weighted by Crippen LogP contribution is -2.35. The van der Waals surface area contributed by atoms with E-state index < -0.39 is 11.6 Å². The summed E-state index contributed by atoms with van der Waals surface area (Å²) in [6.45, 7) is 0.593. The van der Waals surface area contributed by atoms with Gasteiger partial charge in [0.25, 0.3) is 5.91 Å². The van der Waals surface area contributed by atoms with Crippen molar-refractivity contribution in [2.45, 2.75) is 12.8 Å². The number of carbonyl (C=O) groups excluding carboxylic acids is 1. The lowest BCUT2D eigenvalue weighted by atomic mass is 10.00. The maximum absolute atomic E-state index is 13.6. The molecule has 0 bridgehead atoms. The first-order valence-electron chi connectivity index (χ1n) is 7.33. The molecule has 0 aliphatic carbocycles. The van der Waals surface area contributed by atoms with Gasteiger partial charge in [0.2, 0.25) is 6.79 Å². The van der Waals surface area contributed by atoms with Gasteiger partial charge in [-0.3, -0.25) is 4.79 Å². The van der Waals surface area contributed by atoms with Crippen LogP contribution in [0.25, 0.3) is 0 Å². The second kappa shape index (κ2) is 5.22. The number of aryl methyl sites for hydroxylation is 1. The summed E-state index contributed by atoms with van der Waals surface area (Å²) in [5.74, 6) is -1.00. The Kier molecular flexibility index (Phi) is 3.18. The molecule has 0 fully saturated rings. The molecular weight excluding hydrogens is 304 g/mol. The van der Waals surface area contributed by atoms with Gasteiger partial charge in [-0.1, -0.05) is 0 Å². The molecule has 2 heterocycles. The van der Waals surface area contributed by atoms with E-state index in [0.29, 0.717) is 47.7 Å². The molecule has 1 amide bonds. The summed E-state index contributed by atoms with van der Waals surface area (Å²) in [7, 11) is 0. The maximum Gasteiger partial charge on any atom is 0.258 e. The van der Waals surface area contributed by atoms with Gasteiger partial charge in [-0.15, -0.1) is 0 Å². The van der Waals surface area contributed by atoms with Crippen molar-refractivity contribution < 1.29 is 23.0 Å². The SMILES string of the molecule is O=C(c1ccc2c(c1)OCO2)N1CCCc2cc(F)c(F)cc21. The third-order valence-corrected chi connectivity index (χ3v) is 4.10. The number of benzene rings is 2. The molecule has 0 spiro atoms. The van der Waals surface area contributed by atoms with Crippen LogP contribution in [0.3, 0.4) is 0 Å². The molecule has 0 saturated carbocycles. The summed E-state index contributed by atoms with van der Waals surface area (Å²) < 4.78 is 37.5. The van der Waals surface area contributed by atoms with E-state index in [4.69, 9.17) is 9.47 Å². The minimum atomic E-state index is -0.950. The fraction of sp³-hybridized carbons (Fsp3) is 0.235. The van der Waals surface area contributed by atoms with Crippen LogP contribution in [0, 0.1) is 11.6 Å². The average molecular weight is 317 g/mol. The van der Waals surface area contributed by atoms with Gasteiger partial charge in [0.05, 0.1) is 5.69 Å². The van der Waals surface area contributed by atoms with Crippen molar-refractivity contribution in [1.82, 2.24) is 0 Å². The Morgan fingerprint density at radius 3 is 2.70 bits per heavy atom. The van der Waals surface area contributed by atoms with Crippen LogP contribution in [0.4, 0.5) is 14.5 Å². The van der Waals surface area contributed by atoms with Gasteiger partial charge in [0.15, 0.2) is 23.1 Å². The normalized spacial score (nSPS) is 15.5. The van der Waals surface area contributed by atoms with Crippen LogP contribution < -0.4 is 14.4 Å². The Bertz CT molecular complexity index is 807. The molecule has 2 aliphatic rings. The van der Waals surface area contributed by atoms with Crippen LogP contribution in [0.2, 0.25) is 0 Å². The standard InChI is InChI=1S/C17H13F2NO3/c18-12-6-10-2-1-5-20(14(10)8-13(12)19)17(21)11-3-4-15-16(7-11)23-9-22-15/h3-4,6-8H,1-2,5,9H2. The number of hydrogen-bond donors (Lipinski definition) is 0. The molecule has 2 aromatic carbocycles. The molecule has 2 aliphatic heterocycles. The highest BCUT2D eigenvalue weighted by molar-refractivity contribution is 6.07. The summed E-state index contributed by atoms with van der Waals surface area (Å²) >= 11 is 0. The topological polar surface area (TPSA) is 38.8 Å². The Labute approximate surface area is 131 Å². The number of ether oxygens (including phenoxy) is 2. The maximum atomic E-state index is 13.6. The smallest absolute Gasteiger partial charge is 0.258 e. The predicted octanol–water partition coefficient (Wildman–Crippen LogP) is 3.29. The minimum absolute atomic E-state index is 0.129. The molecule has 0 unspecified atom stereocenters. The molecule has 0 atom stereocenters.